The topological polar surface area (TPSA) is 63.5 Å². The molecule has 134 valence electrons. The molecule has 26 heavy (non-hydrogen) atoms. The van der Waals surface area contributed by atoms with Crippen LogP contribution in [0.2, 0.25) is 0 Å². The molecule has 5 heteroatoms. The van der Waals surface area contributed by atoms with Gasteiger partial charge in [0, 0.05) is 12.6 Å². The number of nitrogens with one attached hydrogen (secondary N) is 2. The van der Waals surface area contributed by atoms with Crippen molar-refractivity contribution < 1.29 is 13.9 Å². The SMILES string of the molecule is O=C(N[C@H]1CCCNC1)c1ccc(COc2ccc3ccccc3c2)o1. The molecule has 5 nitrogen and oxygen atoms in total. The maximum atomic E-state index is 12.3. The molecule has 2 heterocycles. The molecule has 1 amide bonds. The molecule has 3 aromatic rings. The van der Waals surface area contributed by atoms with E-state index in [0.29, 0.717) is 11.5 Å². The Bertz CT molecular complexity index is 897. The average Bonchev–Trinajstić information content (AvgIpc) is 3.16. The lowest BCUT2D eigenvalue weighted by molar-refractivity contribution is 0.0898. The van der Waals surface area contributed by atoms with Crippen LogP contribution in [0.4, 0.5) is 0 Å². The molecule has 0 unspecified atom stereocenters. The van der Waals surface area contributed by atoms with E-state index in [9.17, 15) is 4.79 Å². The van der Waals surface area contributed by atoms with Crippen molar-refractivity contribution in [3.8, 4) is 5.75 Å². The van der Waals surface area contributed by atoms with Crippen LogP contribution in [0.3, 0.4) is 0 Å². The summed E-state index contributed by atoms with van der Waals surface area (Å²) >= 11 is 0. The van der Waals surface area contributed by atoms with Gasteiger partial charge < -0.3 is 19.8 Å². The molecule has 1 aliphatic heterocycles. The Morgan fingerprint density at radius 2 is 2.04 bits per heavy atom. The number of carbonyl (C=O) groups is 1. The van der Waals surface area contributed by atoms with Crippen LogP contribution in [0.5, 0.6) is 5.75 Å². The summed E-state index contributed by atoms with van der Waals surface area (Å²) in [5, 5.41) is 8.59. The van der Waals surface area contributed by atoms with Crippen molar-refractivity contribution in [2.75, 3.05) is 13.1 Å². The molecular formula is C21H22N2O3. The summed E-state index contributed by atoms with van der Waals surface area (Å²) in [7, 11) is 0. The zero-order valence-electron chi connectivity index (χ0n) is 14.5. The van der Waals surface area contributed by atoms with E-state index in [1.807, 2.05) is 30.3 Å². The lowest BCUT2D eigenvalue weighted by Crippen LogP contribution is -2.45. The number of piperidine rings is 1. The van der Waals surface area contributed by atoms with Crippen molar-refractivity contribution in [3.63, 3.8) is 0 Å². The predicted octanol–water partition coefficient (Wildman–Crippen LogP) is 3.49. The number of hydrogen-bond donors (Lipinski definition) is 2. The van der Waals surface area contributed by atoms with E-state index in [4.69, 9.17) is 9.15 Å². The summed E-state index contributed by atoms with van der Waals surface area (Å²) in [5.74, 6) is 1.56. The van der Waals surface area contributed by atoms with Gasteiger partial charge in [-0.2, -0.15) is 0 Å². The van der Waals surface area contributed by atoms with Crippen LogP contribution in [0.25, 0.3) is 10.8 Å². The van der Waals surface area contributed by atoms with Gasteiger partial charge in [0.25, 0.3) is 5.91 Å². The zero-order chi connectivity index (χ0) is 17.8. The number of carbonyl (C=O) groups excluding carboxylic acids is 1. The predicted molar refractivity (Wildman–Crippen MR) is 100 cm³/mol. The van der Waals surface area contributed by atoms with Gasteiger partial charge in [-0.05, 0) is 54.4 Å². The van der Waals surface area contributed by atoms with Crippen LogP contribution < -0.4 is 15.4 Å². The number of benzene rings is 2. The lowest BCUT2D eigenvalue weighted by atomic mass is 10.1. The Morgan fingerprint density at radius 1 is 1.15 bits per heavy atom. The Hall–Kier alpha value is -2.79. The molecule has 1 aliphatic rings. The number of hydrogen-bond acceptors (Lipinski definition) is 4. The van der Waals surface area contributed by atoms with E-state index in [1.54, 1.807) is 12.1 Å². The van der Waals surface area contributed by atoms with Crippen molar-refractivity contribution in [2.45, 2.75) is 25.5 Å². The fourth-order valence-electron chi connectivity index (χ4n) is 3.22. The standard InChI is InChI=1S/C21H22N2O3/c24-21(23-17-6-3-11-22-13-17)20-10-9-19(26-20)14-25-18-8-7-15-4-1-2-5-16(15)12-18/h1-2,4-5,7-10,12,17,22H,3,6,11,13-14H2,(H,23,24)/t17-/m0/s1. The minimum atomic E-state index is -0.171. The Morgan fingerprint density at radius 3 is 2.88 bits per heavy atom. The van der Waals surface area contributed by atoms with Crippen molar-refractivity contribution in [1.29, 1.82) is 0 Å². The van der Waals surface area contributed by atoms with Gasteiger partial charge >= 0.3 is 0 Å². The molecule has 2 N–H and O–H groups in total. The lowest BCUT2D eigenvalue weighted by Gasteiger charge is -2.23. The number of ether oxygens (including phenoxy) is 1. The third-order valence-corrected chi connectivity index (χ3v) is 4.62. The Labute approximate surface area is 152 Å². The van der Waals surface area contributed by atoms with Crippen LogP contribution in [0.15, 0.2) is 59.0 Å². The first-order valence-electron chi connectivity index (χ1n) is 9.00. The molecule has 0 spiro atoms. The highest BCUT2D eigenvalue weighted by Gasteiger charge is 2.18. The van der Waals surface area contributed by atoms with E-state index in [1.165, 1.54) is 5.39 Å². The molecule has 1 saturated heterocycles. The van der Waals surface area contributed by atoms with Crippen LogP contribution in [-0.4, -0.2) is 25.0 Å². The van der Waals surface area contributed by atoms with Gasteiger partial charge in [0.1, 0.15) is 18.1 Å². The fourth-order valence-corrected chi connectivity index (χ4v) is 3.22. The number of furan rings is 1. The first kappa shape index (κ1) is 16.7. The largest absolute Gasteiger partial charge is 0.486 e. The quantitative estimate of drug-likeness (QED) is 0.739. The van der Waals surface area contributed by atoms with Gasteiger partial charge in [0.05, 0.1) is 0 Å². The van der Waals surface area contributed by atoms with Gasteiger partial charge in [-0.3, -0.25) is 4.79 Å². The monoisotopic (exact) mass is 350 g/mol. The molecule has 0 bridgehead atoms. The highest BCUT2D eigenvalue weighted by molar-refractivity contribution is 5.91. The Kier molecular flexibility index (Phi) is 4.88. The van der Waals surface area contributed by atoms with Crippen LogP contribution in [-0.2, 0) is 6.61 Å². The van der Waals surface area contributed by atoms with Gasteiger partial charge in [0.2, 0.25) is 0 Å². The highest BCUT2D eigenvalue weighted by Crippen LogP contribution is 2.21. The van der Waals surface area contributed by atoms with E-state index in [0.717, 1.165) is 37.1 Å². The summed E-state index contributed by atoms with van der Waals surface area (Å²) < 4.78 is 11.4. The van der Waals surface area contributed by atoms with Gasteiger partial charge in [-0.25, -0.2) is 0 Å². The van der Waals surface area contributed by atoms with E-state index >= 15 is 0 Å². The second-order valence-corrected chi connectivity index (χ2v) is 6.58. The molecule has 1 fully saturated rings. The van der Waals surface area contributed by atoms with Crippen molar-refractivity contribution >= 4 is 16.7 Å². The summed E-state index contributed by atoms with van der Waals surface area (Å²) in [6, 6.07) is 17.8. The highest BCUT2D eigenvalue weighted by atomic mass is 16.5. The molecule has 0 saturated carbocycles. The third kappa shape index (κ3) is 3.89. The van der Waals surface area contributed by atoms with Crippen LogP contribution in [0, 0.1) is 0 Å². The average molecular weight is 350 g/mol. The third-order valence-electron chi connectivity index (χ3n) is 4.62. The van der Waals surface area contributed by atoms with Gasteiger partial charge in [0.15, 0.2) is 5.76 Å². The first-order valence-corrected chi connectivity index (χ1v) is 9.00. The van der Waals surface area contributed by atoms with Crippen molar-refractivity contribution in [3.05, 3.63) is 66.1 Å². The van der Waals surface area contributed by atoms with Gasteiger partial charge in [-0.1, -0.05) is 30.3 Å². The van der Waals surface area contributed by atoms with Crippen molar-refractivity contribution in [2.24, 2.45) is 0 Å². The smallest absolute Gasteiger partial charge is 0.287 e. The van der Waals surface area contributed by atoms with Gasteiger partial charge in [-0.15, -0.1) is 0 Å². The van der Waals surface area contributed by atoms with Crippen LogP contribution >= 0.6 is 0 Å². The molecule has 0 aliphatic carbocycles. The summed E-state index contributed by atoms with van der Waals surface area (Å²) in [6.07, 6.45) is 2.07. The first-order chi connectivity index (χ1) is 12.8. The van der Waals surface area contributed by atoms with E-state index in [-0.39, 0.29) is 18.6 Å². The van der Waals surface area contributed by atoms with E-state index in [2.05, 4.69) is 22.8 Å². The van der Waals surface area contributed by atoms with Crippen LogP contribution in [0.1, 0.15) is 29.2 Å². The maximum Gasteiger partial charge on any atom is 0.287 e. The fraction of sp³-hybridized carbons (Fsp3) is 0.286. The second-order valence-electron chi connectivity index (χ2n) is 6.58. The molecule has 2 aromatic carbocycles. The molecule has 4 rings (SSSR count). The molecule has 1 aromatic heterocycles. The molecule has 0 radical (unpaired) electrons. The summed E-state index contributed by atoms with van der Waals surface area (Å²) in [4.78, 5) is 12.3. The Balaban J connectivity index is 1.35. The van der Waals surface area contributed by atoms with E-state index < -0.39 is 0 Å². The summed E-state index contributed by atoms with van der Waals surface area (Å²) in [6.45, 7) is 2.12. The van der Waals surface area contributed by atoms with Crippen molar-refractivity contribution in [1.82, 2.24) is 10.6 Å². The zero-order valence-corrected chi connectivity index (χ0v) is 14.5. The summed E-state index contributed by atoms with van der Waals surface area (Å²) in [5.41, 5.74) is 0. The number of fused-ring (bicyclic) bond motifs is 1. The maximum absolute atomic E-state index is 12.3. The second kappa shape index (κ2) is 7.62. The minimum absolute atomic E-state index is 0.165. The molecule has 1 atom stereocenters. The normalized spacial score (nSPS) is 17.2. The molecular weight excluding hydrogens is 328 g/mol. The minimum Gasteiger partial charge on any atom is -0.486 e. The number of amides is 1. The number of rotatable bonds is 5.